The van der Waals surface area contributed by atoms with Crippen molar-refractivity contribution < 1.29 is 17.5 Å². The minimum atomic E-state index is -3.78. The maximum Gasteiger partial charge on any atom is 0.276 e. The summed E-state index contributed by atoms with van der Waals surface area (Å²) in [7, 11) is -3.78. The van der Waals surface area contributed by atoms with Crippen molar-refractivity contribution in [3.63, 3.8) is 0 Å². The summed E-state index contributed by atoms with van der Waals surface area (Å²) >= 11 is 0. The third kappa shape index (κ3) is 3.26. The van der Waals surface area contributed by atoms with Crippen LogP contribution in [0.4, 0.5) is 4.39 Å². The second kappa shape index (κ2) is 6.24. The van der Waals surface area contributed by atoms with Gasteiger partial charge in [-0.15, -0.1) is 0 Å². The highest BCUT2D eigenvalue weighted by Gasteiger charge is 2.25. The van der Waals surface area contributed by atoms with Gasteiger partial charge in [-0.3, -0.25) is 0 Å². The van der Waals surface area contributed by atoms with Crippen LogP contribution in [0.3, 0.4) is 0 Å². The van der Waals surface area contributed by atoms with Gasteiger partial charge in [0.2, 0.25) is 0 Å². The van der Waals surface area contributed by atoms with Gasteiger partial charge in [0.15, 0.2) is 0 Å². The van der Waals surface area contributed by atoms with Crippen molar-refractivity contribution in [1.82, 2.24) is 4.83 Å². The first-order valence-corrected chi connectivity index (χ1v) is 8.94. The molecule has 5 nitrogen and oxygen atoms in total. The van der Waals surface area contributed by atoms with Crippen molar-refractivity contribution in [1.29, 1.82) is 0 Å². The molecule has 1 atom stereocenters. The first-order valence-electron chi connectivity index (χ1n) is 7.45. The lowest BCUT2D eigenvalue weighted by Crippen LogP contribution is -2.30. The number of ether oxygens (including phenoxy) is 1. The van der Waals surface area contributed by atoms with E-state index < -0.39 is 15.8 Å². The number of hydrogen-bond donors (Lipinski definition) is 1. The maximum absolute atomic E-state index is 13.5. The zero-order valence-electron chi connectivity index (χ0n) is 13.3. The predicted molar refractivity (Wildman–Crippen MR) is 89.1 cm³/mol. The average molecular weight is 348 g/mol. The Morgan fingerprint density at radius 2 is 1.92 bits per heavy atom. The van der Waals surface area contributed by atoms with Crippen molar-refractivity contribution in [2.75, 3.05) is 6.61 Å². The van der Waals surface area contributed by atoms with Crippen molar-refractivity contribution in [3.8, 4) is 5.75 Å². The molecule has 1 aliphatic rings. The van der Waals surface area contributed by atoms with Crippen LogP contribution < -0.4 is 9.57 Å². The Kier molecular flexibility index (Phi) is 4.28. The number of fused-ring (bicyclic) bond motifs is 1. The number of aryl methyl sites for hydroxylation is 1. The number of hydrogen-bond acceptors (Lipinski definition) is 4. The van der Waals surface area contributed by atoms with Gasteiger partial charge >= 0.3 is 0 Å². The lowest BCUT2D eigenvalue weighted by molar-refractivity contribution is 0.281. The van der Waals surface area contributed by atoms with E-state index in [9.17, 15) is 12.8 Å². The van der Waals surface area contributed by atoms with E-state index in [0.29, 0.717) is 23.6 Å². The molecule has 1 N–H and O–H groups in total. The van der Waals surface area contributed by atoms with Crippen molar-refractivity contribution in [3.05, 3.63) is 59.4 Å². The number of benzene rings is 2. The van der Waals surface area contributed by atoms with E-state index in [-0.39, 0.29) is 10.8 Å². The first-order chi connectivity index (χ1) is 11.4. The van der Waals surface area contributed by atoms with Gasteiger partial charge in [0, 0.05) is 11.5 Å². The van der Waals surface area contributed by atoms with Crippen molar-refractivity contribution in [2.24, 2.45) is 11.0 Å². The van der Waals surface area contributed by atoms with Crippen molar-refractivity contribution >= 4 is 15.7 Å². The highest BCUT2D eigenvalue weighted by molar-refractivity contribution is 7.89. The molecule has 0 radical (unpaired) electrons. The maximum atomic E-state index is 13.5. The Bertz CT molecular complexity index is 893. The van der Waals surface area contributed by atoms with E-state index in [4.69, 9.17) is 4.74 Å². The number of rotatable bonds is 3. The molecule has 126 valence electrons. The van der Waals surface area contributed by atoms with Crippen molar-refractivity contribution in [2.45, 2.75) is 18.7 Å². The lowest BCUT2D eigenvalue weighted by Gasteiger charge is -2.24. The summed E-state index contributed by atoms with van der Waals surface area (Å²) in [6.45, 7) is 4.07. The van der Waals surface area contributed by atoms with Crippen LogP contribution in [0.2, 0.25) is 0 Å². The molecule has 7 heteroatoms. The lowest BCUT2D eigenvalue weighted by atomic mass is 9.96. The van der Waals surface area contributed by atoms with Gasteiger partial charge in [0.05, 0.1) is 17.2 Å². The predicted octanol–water partition coefficient (Wildman–Crippen LogP) is 2.85. The van der Waals surface area contributed by atoms with Gasteiger partial charge in [0.25, 0.3) is 10.0 Å². The zero-order valence-corrected chi connectivity index (χ0v) is 14.1. The second-order valence-corrected chi connectivity index (χ2v) is 7.42. The fourth-order valence-corrected chi connectivity index (χ4v) is 3.26. The summed E-state index contributed by atoms with van der Waals surface area (Å²) in [6.07, 6.45) is 0. The largest absolute Gasteiger partial charge is 0.492 e. The highest BCUT2D eigenvalue weighted by atomic mass is 32.2. The Hall–Kier alpha value is -2.41. The molecule has 2 aromatic rings. The van der Waals surface area contributed by atoms with Crippen LogP contribution in [0.5, 0.6) is 5.75 Å². The van der Waals surface area contributed by atoms with E-state index in [1.165, 1.54) is 30.3 Å². The fourth-order valence-electron chi connectivity index (χ4n) is 2.44. The Balaban J connectivity index is 1.94. The fraction of sp³-hybridized carbons (Fsp3) is 0.235. The average Bonchev–Trinajstić information content (AvgIpc) is 2.54. The smallest absolute Gasteiger partial charge is 0.276 e. The summed E-state index contributed by atoms with van der Waals surface area (Å²) in [5.41, 5.74) is 1.87. The van der Waals surface area contributed by atoms with Gasteiger partial charge in [-0.2, -0.15) is 18.4 Å². The normalized spacial score (nSPS) is 18.8. The molecular formula is C17H17FN2O3S. The van der Waals surface area contributed by atoms with Gasteiger partial charge in [-0.1, -0.05) is 24.6 Å². The quantitative estimate of drug-likeness (QED) is 0.867. The topological polar surface area (TPSA) is 67.8 Å². The van der Waals surface area contributed by atoms with E-state index in [0.717, 1.165) is 5.56 Å². The van der Waals surface area contributed by atoms with E-state index in [1.807, 2.05) is 13.8 Å². The molecule has 0 saturated heterocycles. The standard InChI is InChI=1S/C17H17FN2O3S/c1-11-3-6-14(7-4-11)24(21,22)20-19-17-12(2)10-23-16-8-5-13(18)9-15(16)17/h3-9,12,20H,10H2,1-2H3/b19-17-. The Morgan fingerprint density at radius 1 is 1.21 bits per heavy atom. The number of sulfonamides is 1. The molecule has 0 fully saturated rings. The summed E-state index contributed by atoms with van der Waals surface area (Å²) in [5, 5.41) is 4.05. The first kappa shape index (κ1) is 16.4. The summed E-state index contributed by atoms with van der Waals surface area (Å²) in [4.78, 5) is 2.36. The highest BCUT2D eigenvalue weighted by Crippen LogP contribution is 2.28. The molecule has 24 heavy (non-hydrogen) atoms. The molecular weight excluding hydrogens is 331 g/mol. The molecule has 1 heterocycles. The Labute approximate surface area is 140 Å². The number of nitrogens with zero attached hydrogens (tertiary/aromatic N) is 1. The van der Waals surface area contributed by atoms with E-state index in [1.54, 1.807) is 12.1 Å². The number of nitrogens with one attached hydrogen (secondary N) is 1. The van der Waals surface area contributed by atoms with Crippen LogP contribution in [0.15, 0.2) is 52.5 Å². The summed E-state index contributed by atoms with van der Waals surface area (Å²) in [5.74, 6) is -0.108. The van der Waals surface area contributed by atoms with E-state index >= 15 is 0 Å². The number of halogens is 1. The Morgan fingerprint density at radius 3 is 2.62 bits per heavy atom. The third-order valence-corrected chi connectivity index (χ3v) is 5.02. The van der Waals surface area contributed by atoms with Crippen LogP contribution in [-0.4, -0.2) is 20.7 Å². The van der Waals surface area contributed by atoms with Gasteiger partial charge < -0.3 is 4.74 Å². The van der Waals surface area contributed by atoms with Crippen LogP contribution in [0, 0.1) is 18.7 Å². The van der Waals surface area contributed by atoms with E-state index in [2.05, 4.69) is 9.93 Å². The van der Waals surface area contributed by atoms with Gasteiger partial charge in [0.1, 0.15) is 11.6 Å². The van der Waals surface area contributed by atoms with Crippen LogP contribution in [0.1, 0.15) is 18.1 Å². The molecule has 0 spiro atoms. The summed E-state index contributed by atoms with van der Waals surface area (Å²) < 4.78 is 43.7. The molecule has 1 unspecified atom stereocenters. The second-order valence-electron chi connectivity index (χ2n) is 5.76. The summed E-state index contributed by atoms with van der Waals surface area (Å²) in [6, 6.07) is 10.6. The molecule has 2 aromatic carbocycles. The zero-order chi connectivity index (χ0) is 17.3. The van der Waals surface area contributed by atoms with Gasteiger partial charge in [-0.05, 0) is 37.3 Å². The van der Waals surface area contributed by atoms with Crippen LogP contribution >= 0.6 is 0 Å². The molecule has 1 aliphatic heterocycles. The minimum absolute atomic E-state index is 0.122. The van der Waals surface area contributed by atoms with Gasteiger partial charge in [-0.25, -0.2) is 4.39 Å². The van der Waals surface area contributed by atoms with Crippen LogP contribution in [-0.2, 0) is 10.0 Å². The minimum Gasteiger partial charge on any atom is -0.492 e. The molecule has 0 bridgehead atoms. The third-order valence-electron chi connectivity index (χ3n) is 3.79. The molecule has 0 saturated carbocycles. The number of hydrazone groups is 1. The van der Waals surface area contributed by atoms with Crippen LogP contribution in [0.25, 0.3) is 0 Å². The SMILES string of the molecule is Cc1ccc(S(=O)(=O)N/N=C2\c3cc(F)ccc3OCC2C)cc1. The molecule has 0 amide bonds. The molecule has 3 rings (SSSR count). The monoisotopic (exact) mass is 348 g/mol. The molecule has 0 aromatic heterocycles. The molecule has 0 aliphatic carbocycles.